The Morgan fingerprint density at radius 3 is 1.39 bits per heavy atom. The van der Waals surface area contributed by atoms with Gasteiger partial charge in [-0.1, -0.05) is 48.5 Å². The molecule has 0 amide bonds. The van der Waals surface area contributed by atoms with E-state index in [-0.39, 0.29) is 0 Å². The van der Waals surface area contributed by atoms with Crippen LogP contribution in [0.15, 0.2) is 72.8 Å². The fourth-order valence-electron chi connectivity index (χ4n) is 4.42. The maximum Gasteiger partial charge on any atom is 0.348 e. The van der Waals surface area contributed by atoms with E-state index in [0.717, 1.165) is 0 Å². The van der Waals surface area contributed by atoms with Crippen molar-refractivity contribution in [1.29, 1.82) is 0 Å². The molecule has 1 aromatic heterocycles. The quantitative estimate of drug-likeness (QED) is 0.295. The van der Waals surface area contributed by atoms with Crippen LogP contribution in [0, 0.1) is 0 Å². The molecule has 3 aromatic carbocycles. The van der Waals surface area contributed by atoms with Crippen molar-refractivity contribution in [3.8, 4) is 5.69 Å². The third-order valence-electron chi connectivity index (χ3n) is 5.23. The lowest BCUT2D eigenvalue weighted by atomic mass is 10.2. The van der Waals surface area contributed by atoms with Crippen molar-refractivity contribution >= 4 is 52.2 Å². The molecule has 3 nitrogen and oxygen atoms in total. The summed E-state index contributed by atoms with van der Waals surface area (Å²) in [6.07, 6.45) is 0. The minimum Gasteiger partial charge on any atom is -0.433 e. The summed E-state index contributed by atoms with van der Waals surface area (Å²) in [6.45, 7) is 15.7. The van der Waals surface area contributed by atoms with Crippen molar-refractivity contribution in [3.63, 3.8) is 0 Å². The van der Waals surface area contributed by atoms with Crippen LogP contribution in [0.1, 0.15) is 0 Å². The van der Waals surface area contributed by atoms with E-state index >= 15 is 0 Å². The highest BCUT2D eigenvalue weighted by molar-refractivity contribution is 6.94. The number of benzene rings is 3. The van der Waals surface area contributed by atoms with E-state index in [4.69, 9.17) is 8.23 Å². The van der Waals surface area contributed by atoms with Gasteiger partial charge < -0.3 is 12.8 Å². The maximum atomic E-state index is 6.74. The van der Waals surface area contributed by atoms with Crippen LogP contribution < -0.4 is 5.19 Å². The van der Waals surface area contributed by atoms with Crippen LogP contribution >= 0.6 is 0 Å². The molecule has 0 radical (unpaired) electrons. The summed E-state index contributed by atoms with van der Waals surface area (Å²) in [6, 6.07) is 26.2. The van der Waals surface area contributed by atoms with Gasteiger partial charge in [0.25, 0.3) is 0 Å². The number of aromatic nitrogens is 1. The Labute approximate surface area is 189 Å². The van der Waals surface area contributed by atoms with E-state index in [2.05, 4.69) is 123 Å². The Hall–Kier alpha value is -1.97. The van der Waals surface area contributed by atoms with E-state index in [1.807, 2.05) is 0 Å². The molecule has 0 aliphatic carbocycles. The van der Waals surface area contributed by atoms with Gasteiger partial charge in [-0.25, -0.2) is 0 Å². The van der Waals surface area contributed by atoms with Crippen LogP contribution in [0.3, 0.4) is 0 Å². The first-order chi connectivity index (χ1) is 14.5. The molecular weight excluding hydrogens is 431 g/mol. The third kappa shape index (κ3) is 4.63. The number of nitrogens with zero attached hydrogens (tertiary/aromatic N) is 1. The summed E-state index contributed by atoms with van der Waals surface area (Å²) in [5, 5.41) is 3.78. The summed E-state index contributed by atoms with van der Waals surface area (Å²) in [5.74, 6) is 0. The molecule has 1 heterocycles. The molecule has 0 bridgehead atoms. The zero-order valence-corrected chi connectivity index (χ0v) is 22.7. The average Bonchev–Trinajstić information content (AvgIpc) is 3.00. The second-order valence-corrected chi connectivity index (χ2v) is 22.8. The SMILES string of the molecule is C[Si](C)(C)O[Si](C)(O[Si](C)(C)C)c1ccc(-n2c3ccccc3c3ccccc32)cc1. The van der Waals surface area contributed by atoms with Crippen molar-refractivity contribution < 1.29 is 8.23 Å². The van der Waals surface area contributed by atoms with Gasteiger partial charge in [0.15, 0.2) is 16.6 Å². The standard InChI is InChI=1S/C25H33NO2Si3/c1-29(2,3)27-31(7,28-30(4,5)6)21-18-16-20(17-19-21)26-24-14-10-8-12-22(24)23-13-9-11-15-25(23)26/h8-19H,1-7H3. The third-order valence-corrected chi connectivity index (χ3v) is 14.6. The normalized spacial score (nSPS) is 13.3. The van der Waals surface area contributed by atoms with Crippen LogP contribution in [0.4, 0.5) is 0 Å². The van der Waals surface area contributed by atoms with E-state index in [0.29, 0.717) is 0 Å². The maximum absolute atomic E-state index is 6.74. The Morgan fingerprint density at radius 2 is 0.968 bits per heavy atom. The van der Waals surface area contributed by atoms with Crippen molar-refractivity contribution in [2.24, 2.45) is 0 Å². The van der Waals surface area contributed by atoms with Gasteiger partial charge in [-0.3, -0.25) is 0 Å². The van der Waals surface area contributed by atoms with Gasteiger partial charge >= 0.3 is 8.56 Å². The molecule has 4 rings (SSSR count). The van der Waals surface area contributed by atoms with Crippen LogP contribution in [-0.2, 0) is 8.23 Å². The Bertz CT molecular complexity index is 1150. The predicted molar refractivity (Wildman–Crippen MR) is 141 cm³/mol. The van der Waals surface area contributed by atoms with Gasteiger partial charge in [0.1, 0.15) is 0 Å². The largest absolute Gasteiger partial charge is 0.433 e. The summed E-state index contributed by atoms with van der Waals surface area (Å²) < 4.78 is 15.8. The molecule has 0 spiro atoms. The fraction of sp³-hybridized carbons (Fsp3) is 0.280. The number of hydrogen-bond acceptors (Lipinski definition) is 2. The molecule has 162 valence electrons. The fourth-order valence-corrected chi connectivity index (χ4v) is 16.0. The van der Waals surface area contributed by atoms with Crippen LogP contribution in [0.2, 0.25) is 45.8 Å². The van der Waals surface area contributed by atoms with E-state index in [1.54, 1.807) is 0 Å². The lowest BCUT2D eigenvalue weighted by Gasteiger charge is -2.38. The molecule has 31 heavy (non-hydrogen) atoms. The van der Waals surface area contributed by atoms with Crippen molar-refractivity contribution in [2.45, 2.75) is 45.8 Å². The molecule has 6 heteroatoms. The highest BCUT2D eigenvalue weighted by atomic mass is 28.5. The number of para-hydroxylation sites is 2. The molecule has 0 fully saturated rings. The van der Waals surface area contributed by atoms with Crippen molar-refractivity contribution in [3.05, 3.63) is 72.8 Å². The van der Waals surface area contributed by atoms with Crippen LogP contribution in [-0.4, -0.2) is 29.8 Å². The summed E-state index contributed by atoms with van der Waals surface area (Å²) >= 11 is 0. The van der Waals surface area contributed by atoms with Crippen LogP contribution in [0.25, 0.3) is 27.5 Å². The summed E-state index contributed by atoms with van der Waals surface area (Å²) in [4.78, 5) is 0. The Balaban J connectivity index is 1.82. The van der Waals surface area contributed by atoms with Crippen molar-refractivity contribution in [2.75, 3.05) is 0 Å². The average molecular weight is 464 g/mol. The zero-order chi connectivity index (χ0) is 22.4. The monoisotopic (exact) mass is 463 g/mol. The highest BCUT2D eigenvalue weighted by Gasteiger charge is 2.42. The molecule has 0 N–H and O–H groups in total. The zero-order valence-electron chi connectivity index (χ0n) is 19.7. The van der Waals surface area contributed by atoms with E-state index in [1.165, 1.54) is 32.7 Å². The first-order valence-electron chi connectivity index (χ1n) is 11.0. The lowest BCUT2D eigenvalue weighted by molar-refractivity contribution is 0.404. The minimum absolute atomic E-state index is 1.17. The first kappa shape index (κ1) is 22.2. The molecule has 0 aliphatic rings. The van der Waals surface area contributed by atoms with Crippen molar-refractivity contribution in [1.82, 2.24) is 4.57 Å². The van der Waals surface area contributed by atoms with Gasteiger partial charge in [0.05, 0.1) is 11.0 Å². The Kier molecular flexibility index (Phi) is 5.64. The summed E-state index contributed by atoms with van der Waals surface area (Å²) in [5.41, 5.74) is 3.62. The number of fused-ring (bicyclic) bond motifs is 3. The van der Waals surface area contributed by atoms with Gasteiger partial charge in [-0.15, -0.1) is 0 Å². The molecule has 0 atom stereocenters. The van der Waals surface area contributed by atoms with Gasteiger partial charge in [-0.2, -0.15) is 0 Å². The Morgan fingerprint density at radius 1 is 0.548 bits per heavy atom. The molecule has 0 saturated heterocycles. The van der Waals surface area contributed by atoms with Gasteiger partial charge in [0, 0.05) is 16.5 Å². The number of rotatable bonds is 6. The minimum atomic E-state index is -2.50. The molecule has 0 aliphatic heterocycles. The molecule has 0 saturated carbocycles. The molecule has 4 aromatic rings. The first-order valence-corrected chi connectivity index (χ1v) is 20.1. The summed E-state index contributed by atoms with van der Waals surface area (Å²) in [7, 11) is -6.02. The predicted octanol–water partition coefficient (Wildman–Crippen LogP) is 6.77. The molecular formula is C25H33NO2Si3. The number of hydrogen-bond donors (Lipinski definition) is 0. The van der Waals surface area contributed by atoms with E-state index < -0.39 is 25.2 Å². The second kappa shape index (κ2) is 7.86. The van der Waals surface area contributed by atoms with Gasteiger partial charge in [0.2, 0.25) is 0 Å². The van der Waals surface area contributed by atoms with Gasteiger partial charge in [-0.05, 0) is 75.3 Å². The smallest absolute Gasteiger partial charge is 0.348 e. The molecule has 0 unspecified atom stereocenters. The second-order valence-electron chi connectivity index (χ2n) is 10.3. The van der Waals surface area contributed by atoms with E-state index in [9.17, 15) is 0 Å². The highest BCUT2D eigenvalue weighted by Crippen LogP contribution is 2.31. The van der Waals surface area contributed by atoms with Crippen LogP contribution in [0.5, 0.6) is 0 Å². The lowest BCUT2D eigenvalue weighted by Crippen LogP contribution is -2.60. The topological polar surface area (TPSA) is 23.4 Å².